The molecule has 2 aromatic carbocycles. The van der Waals surface area contributed by atoms with Crippen LogP contribution in [0.4, 0.5) is 0 Å². The third kappa shape index (κ3) is 5.61. The van der Waals surface area contributed by atoms with E-state index in [4.69, 9.17) is 16.3 Å². The first-order valence-electron chi connectivity index (χ1n) is 8.25. The highest BCUT2D eigenvalue weighted by atomic mass is 35.5. The Balaban J connectivity index is 2.18. The lowest BCUT2D eigenvalue weighted by Crippen LogP contribution is -2.44. The fourth-order valence-electron chi connectivity index (χ4n) is 2.49. The summed E-state index contributed by atoms with van der Waals surface area (Å²) >= 11 is 5.89. The van der Waals surface area contributed by atoms with Gasteiger partial charge in [-0.1, -0.05) is 54.1 Å². The molecule has 0 bridgehead atoms. The van der Waals surface area contributed by atoms with Crippen LogP contribution in [0, 0.1) is 0 Å². The van der Waals surface area contributed by atoms with Gasteiger partial charge in [0.25, 0.3) is 0 Å². The summed E-state index contributed by atoms with van der Waals surface area (Å²) in [6.07, 6.45) is 0.202. The van der Waals surface area contributed by atoms with Gasteiger partial charge in [-0.25, -0.2) is 4.79 Å². The highest BCUT2D eigenvalue weighted by Gasteiger charge is 2.27. The van der Waals surface area contributed by atoms with E-state index in [1.807, 2.05) is 42.5 Å². The summed E-state index contributed by atoms with van der Waals surface area (Å²) in [6.45, 7) is 4.09. The molecule has 0 aliphatic rings. The lowest BCUT2D eigenvalue weighted by Gasteiger charge is -2.28. The van der Waals surface area contributed by atoms with E-state index < -0.39 is 12.0 Å². The molecule has 0 aromatic heterocycles. The molecule has 4 nitrogen and oxygen atoms in total. The number of carbonyl (C=O) groups excluding carboxylic acids is 2. The first kappa shape index (κ1) is 19.0. The number of hydrogen-bond acceptors (Lipinski definition) is 3. The van der Waals surface area contributed by atoms with Gasteiger partial charge in [0.1, 0.15) is 6.04 Å². The molecule has 0 saturated heterocycles. The topological polar surface area (TPSA) is 46.6 Å². The number of ether oxygens (including phenoxy) is 1. The second-order valence-corrected chi connectivity index (χ2v) is 6.17. The fraction of sp³-hybridized carbons (Fsp3) is 0.300. The van der Waals surface area contributed by atoms with Gasteiger partial charge < -0.3 is 9.64 Å². The van der Waals surface area contributed by atoms with Gasteiger partial charge in [-0.15, -0.1) is 0 Å². The zero-order chi connectivity index (χ0) is 18.2. The standard InChI is InChI=1S/C20H22ClNO3/c1-3-25-20(24)15(2)22(14-17-7-5-4-6-8-17)19(23)13-16-9-11-18(21)12-10-16/h4-12,15H,3,13-14H2,1-2H3. The highest BCUT2D eigenvalue weighted by molar-refractivity contribution is 6.30. The molecular formula is C20H22ClNO3. The van der Waals surface area contributed by atoms with E-state index in [9.17, 15) is 9.59 Å². The summed E-state index contributed by atoms with van der Waals surface area (Å²) in [6, 6.07) is 16.1. The SMILES string of the molecule is CCOC(=O)C(C)N(Cc1ccccc1)C(=O)Cc1ccc(Cl)cc1. The zero-order valence-electron chi connectivity index (χ0n) is 14.4. The molecular weight excluding hydrogens is 338 g/mol. The predicted molar refractivity (Wildman–Crippen MR) is 98.2 cm³/mol. The van der Waals surface area contributed by atoms with Crippen LogP contribution in [0.25, 0.3) is 0 Å². The van der Waals surface area contributed by atoms with Gasteiger partial charge in [-0.3, -0.25) is 4.79 Å². The maximum atomic E-state index is 12.8. The van der Waals surface area contributed by atoms with Crippen molar-refractivity contribution in [2.24, 2.45) is 0 Å². The molecule has 1 atom stereocenters. The Morgan fingerprint density at radius 3 is 2.28 bits per heavy atom. The molecule has 5 heteroatoms. The third-order valence-electron chi connectivity index (χ3n) is 3.88. The normalized spacial score (nSPS) is 11.6. The number of amides is 1. The Morgan fingerprint density at radius 2 is 1.68 bits per heavy atom. The molecule has 1 amide bonds. The van der Waals surface area contributed by atoms with Crippen molar-refractivity contribution < 1.29 is 14.3 Å². The van der Waals surface area contributed by atoms with Gasteiger partial charge in [-0.05, 0) is 37.1 Å². The minimum atomic E-state index is -0.653. The molecule has 2 rings (SSSR count). The summed E-state index contributed by atoms with van der Waals surface area (Å²) in [5.74, 6) is -0.533. The Kier molecular flexibility index (Phi) is 7.02. The molecule has 0 N–H and O–H groups in total. The number of hydrogen-bond donors (Lipinski definition) is 0. The number of halogens is 1. The van der Waals surface area contributed by atoms with Crippen LogP contribution in [-0.2, 0) is 27.3 Å². The van der Waals surface area contributed by atoms with Crippen molar-refractivity contribution in [2.45, 2.75) is 32.9 Å². The summed E-state index contributed by atoms with van der Waals surface area (Å²) in [5.41, 5.74) is 1.81. The second kappa shape index (κ2) is 9.23. The van der Waals surface area contributed by atoms with Crippen molar-refractivity contribution in [3.05, 3.63) is 70.7 Å². The molecule has 2 aromatic rings. The van der Waals surface area contributed by atoms with Crippen LogP contribution in [0.1, 0.15) is 25.0 Å². The summed E-state index contributed by atoms with van der Waals surface area (Å²) in [5, 5.41) is 0.622. The van der Waals surface area contributed by atoms with E-state index in [1.165, 1.54) is 0 Å². The number of nitrogens with zero attached hydrogens (tertiary/aromatic N) is 1. The Labute approximate surface area is 153 Å². The predicted octanol–water partition coefficient (Wildman–Crippen LogP) is 3.86. The quantitative estimate of drug-likeness (QED) is 0.705. The molecule has 1 unspecified atom stereocenters. The van der Waals surface area contributed by atoms with Crippen LogP contribution < -0.4 is 0 Å². The number of carbonyl (C=O) groups is 2. The molecule has 0 spiro atoms. The van der Waals surface area contributed by atoms with Crippen molar-refractivity contribution in [3.8, 4) is 0 Å². The van der Waals surface area contributed by atoms with E-state index in [0.717, 1.165) is 11.1 Å². The summed E-state index contributed by atoms with van der Waals surface area (Å²) < 4.78 is 5.09. The number of benzene rings is 2. The third-order valence-corrected chi connectivity index (χ3v) is 4.13. The van der Waals surface area contributed by atoms with Crippen molar-refractivity contribution in [1.82, 2.24) is 4.90 Å². The lowest BCUT2D eigenvalue weighted by molar-refractivity contribution is -0.154. The Bertz CT molecular complexity index is 701. The highest BCUT2D eigenvalue weighted by Crippen LogP contribution is 2.15. The second-order valence-electron chi connectivity index (χ2n) is 5.74. The van der Waals surface area contributed by atoms with Gasteiger partial charge >= 0.3 is 5.97 Å². The van der Waals surface area contributed by atoms with Crippen LogP contribution in [0.2, 0.25) is 5.02 Å². The van der Waals surface area contributed by atoms with Gasteiger partial charge in [-0.2, -0.15) is 0 Å². The van der Waals surface area contributed by atoms with Crippen LogP contribution in [0.3, 0.4) is 0 Å². The Morgan fingerprint density at radius 1 is 1.04 bits per heavy atom. The maximum absolute atomic E-state index is 12.8. The average Bonchev–Trinajstić information content (AvgIpc) is 2.62. The van der Waals surface area contributed by atoms with Gasteiger partial charge in [0.15, 0.2) is 0 Å². The Hall–Kier alpha value is -2.33. The van der Waals surface area contributed by atoms with Crippen molar-refractivity contribution in [3.63, 3.8) is 0 Å². The van der Waals surface area contributed by atoms with Crippen LogP contribution in [0.15, 0.2) is 54.6 Å². The fourth-order valence-corrected chi connectivity index (χ4v) is 2.62. The molecule has 0 aliphatic heterocycles. The largest absolute Gasteiger partial charge is 0.464 e. The molecule has 0 heterocycles. The van der Waals surface area contributed by atoms with E-state index in [1.54, 1.807) is 30.9 Å². The summed E-state index contributed by atoms with van der Waals surface area (Å²) in [7, 11) is 0. The number of rotatable bonds is 7. The summed E-state index contributed by atoms with van der Waals surface area (Å²) in [4.78, 5) is 26.5. The van der Waals surface area contributed by atoms with E-state index in [2.05, 4.69) is 0 Å². The van der Waals surface area contributed by atoms with E-state index in [0.29, 0.717) is 11.6 Å². The van der Waals surface area contributed by atoms with Crippen LogP contribution in [0.5, 0.6) is 0 Å². The first-order chi connectivity index (χ1) is 12.0. The van der Waals surface area contributed by atoms with Gasteiger partial charge in [0, 0.05) is 11.6 Å². The average molecular weight is 360 g/mol. The van der Waals surface area contributed by atoms with Crippen LogP contribution in [-0.4, -0.2) is 29.4 Å². The zero-order valence-corrected chi connectivity index (χ0v) is 15.2. The maximum Gasteiger partial charge on any atom is 0.328 e. The molecule has 132 valence electrons. The minimum Gasteiger partial charge on any atom is -0.464 e. The van der Waals surface area contributed by atoms with Crippen molar-refractivity contribution in [1.29, 1.82) is 0 Å². The first-order valence-corrected chi connectivity index (χ1v) is 8.63. The molecule has 0 radical (unpaired) electrons. The molecule has 0 saturated carbocycles. The number of esters is 1. The van der Waals surface area contributed by atoms with E-state index in [-0.39, 0.29) is 18.9 Å². The van der Waals surface area contributed by atoms with Crippen molar-refractivity contribution in [2.75, 3.05) is 6.61 Å². The molecule has 25 heavy (non-hydrogen) atoms. The minimum absolute atomic E-state index is 0.133. The van der Waals surface area contributed by atoms with E-state index >= 15 is 0 Å². The van der Waals surface area contributed by atoms with Gasteiger partial charge in [0.2, 0.25) is 5.91 Å². The smallest absolute Gasteiger partial charge is 0.328 e. The van der Waals surface area contributed by atoms with Gasteiger partial charge in [0.05, 0.1) is 13.0 Å². The monoisotopic (exact) mass is 359 g/mol. The lowest BCUT2D eigenvalue weighted by atomic mass is 10.1. The molecule has 0 fully saturated rings. The van der Waals surface area contributed by atoms with Crippen LogP contribution >= 0.6 is 11.6 Å². The molecule has 0 aliphatic carbocycles. The van der Waals surface area contributed by atoms with Crippen molar-refractivity contribution >= 4 is 23.5 Å².